The van der Waals surface area contributed by atoms with Gasteiger partial charge >= 0.3 is 0 Å². The molecule has 0 saturated heterocycles. The zero-order valence-corrected chi connectivity index (χ0v) is 8.14. The fourth-order valence-electron chi connectivity index (χ4n) is 0.977. The lowest BCUT2D eigenvalue weighted by Crippen LogP contribution is -1.96. The number of rotatable bonds is 1. The van der Waals surface area contributed by atoms with Crippen LogP contribution in [-0.4, -0.2) is 10.1 Å². The van der Waals surface area contributed by atoms with E-state index in [1.54, 1.807) is 6.20 Å². The van der Waals surface area contributed by atoms with Gasteiger partial charge in [-0.2, -0.15) is 0 Å². The molecule has 0 atom stereocenters. The van der Waals surface area contributed by atoms with Crippen LogP contribution in [0.4, 0.5) is 0 Å². The summed E-state index contributed by atoms with van der Waals surface area (Å²) in [6.07, 6.45) is 1.75. The molecule has 0 fully saturated rings. The highest BCUT2D eigenvalue weighted by Crippen LogP contribution is 2.20. The van der Waals surface area contributed by atoms with E-state index in [0.29, 0.717) is 0 Å². The van der Waals surface area contributed by atoms with E-state index in [4.69, 9.17) is 5.11 Å². The standard InChI is InChI=1S/C8H10BrNO/c1-5-7(4-11)6(2)10-3-8(5)9/h3,11H,4H2,1-2H3. The number of halogens is 1. The van der Waals surface area contributed by atoms with E-state index in [1.165, 1.54) is 0 Å². The number of aliphatic hydroxyl groups is 1. The van der Waals surface area contributed by atoms with Gasteiger partial charge < -0.3 is 5.11 Å². The Bertz CT molecular complexity index is 273. The van der Waals surface area contributed by atoms with E-state index in [2.05, 4.69) is 20.9 Å². The Hall–Kier alpha value is -0.410. The summed E-state index contributed by atoms with van der Waals surface area (Å²) in [6, 6.07) is 0. The summed E-state index contributed by atoms with van der Waals surface area (Å²) in [4.78, 5) is 4.10. The molecule has 11 heavy (non-hydrogen) atoms. The Kier molecular flexibility index (Phi) is 2.62. The van der Waals surface area contributed by atoms with Gasteiger partial charge in [0.25, 0.3) is 0 Å². The van der Waals surface area contributed by atoms with Gasteiger partial charge in [0.1, 0.15) is 0 Å². The van der Waals surface area contributed by atoms with E-state index in [9.17, 15) is 0 Å². The molecular formula is C8H10BrNO. The van der Waals surface area contributed by atoms with E-state index >= 15 is 0 Å². The number of hydrogen-bond donors (Lipinski definition) is 1. The van der Waals surface area contributed by atoms with E-state index < -0.39 is 0 Å². The summed E-state index contributed by atoms with van der Waals surface area (Å²) in [5, 5.41) is 8.96. The molecule has 0 spiro atoms. The molecular weight excluding hydrogens is 206 g/mol. The van der Waals surface area contributed by atoms with Gasteiger partial charge in [-0.25, -0.2) is 0 Å². The molecule has 3 heteroatoms. The highest BCUT2D eigenvalue weighted by Gasteiger charge is 2.04. The monoisotopic (exact) mass is 215 g/mol. The van der Waals surface area contributed by atoms with Crippen molar-refractivity contribution in [2.75, 3.05) is 0 Å². The van der Waals surface area contributed by atoms with Crippen LogP contribution in [-0.2, 0) is 6.61 Å². The molecule has 0 saturated carbocycles. The lowest BCUT2D eigenvalue weighted by Gasteiger charge is -2.06. The number of nitrogens with zero attached hydrogens (tertiary/aromatic N) is 1. The maximum absolute atomic E-state index is 8.96. The zero-order valence-electron chi connectivity index (χ0n) is 6.56. The van der Waals surface area contributed by atoms with Crippen molar-refractivity contribution in [3.63, 3.8) is 0 Å². The fourth-order valence-corrected chi connectivity index (χ4v) is 1.32. The second-order valence-corrected chi connectivity index (χ2v) is 3.31. The minimum atomic E-state index is 0.0596. The van der Waals surface area contributed by atoms with Gasteiger partial charge in [0.15, 0.2) is 0 Å². The van der Waals surface area contributed by atoms with Crippen molar-refractivity contribution >= 4 is 15.9 Å². The minimum absolute atomic E-state index is 0.0596. The average Bonchev–Trinajstić information content (AvgIpc) is 1.99. The largest absolute Gasteiger partial charge is 0.392 e. The van der Waals surface area contributed by atoms with Crippen LogP contribution in [0, 0.1) is 13.8 Å². The predicted molar refractivity (Wildman–Crippen MR) is 47.3 cm³/mol. The van der Waals surface area contributed by atoms with Crippen LogP contribution in [0.25, 0.3) is 0 Å². The lowest BCUT2D eigenvalue weighted by atomic mass is 10.1. The highest BCUT2D eigenvalue weighted by molar-refractivity contribution is 9.10. The Morgan fingerprint density at radius 1 is 1.55 bits per heavy atom. The van der Waals surface area contributed by atoms with Gasteiger partial charge in [-0.1, -0.05) is 0 Å². The van der Waals surface area contributed by atoms with E-state index in [-0.39, 0.29) is 6.61 Å². The third kappa shape index (κ3) is 1.60. The Balaban J connectivity index is 3.29. The van der Waals surface area contributed by atoms with Gasteiger partial charge in [-0.15, -0.1) is 0 Å². The maximum Gasteiger partial charge on any atom is 0.0702 e. The van der Waals surface area contributed by atoms with Gasteiger partial charge in [0.05, 0.1) is 6.61 Å². The number of aliphatic hydroxyl groups excluding tert-OH is 1. The Morgan fingerprint density at radius 2 is 2.18 bits per heavy atom. The van der Waals surface area contributed by atoms with Crippen molar-refractivity contribution in [2.24, 2.45) is 0 Å². The highest BCUT2D eigenvalue weighted by atomic mass is 79.9. The zero-order chi connectivity index (χ0) is 8.43. The topological polar surface area (TPSA) is 33.1 Å². The molecule has 0 aliphatic rings. The summed E-state index contributed by atoms with van der Waals surface area (Å²) in [5.41, 5.74) is 2.88. The van der Waals surface area contributed by atoms with Crippen LogP contribution in [0.2, 0.25) is 0 Å². The number of aromatic nitrogens is 1. The first-order chi connectivity index (χ1) is 5.16. The molecule has 2 nitrogen and oxygen atoms in total. The van der Waals surface area contributed by atoms with Crippen molar-refractivity contribution in [3.8, 4) is 0 Å². The smallest absolute Gasteiger partial charge is 0.0702 e. The van der Waals surface area contributed by atoms with E-state index in [1.807, 2.05) is 13.8 Å². The molecule has 1 aromatic rings. The fraction of sp³-hybridized carbons (Fsp3) is 0.375. The predicted octanol–water partition coefficient (Wildman–Crippen LogP) is 1.95. The quantitative estimate of drug-likeness (QED) is 0.778. The second kappa shape index (κ2) is 3.32. The molecule has 0 aromatic carbocycles. The van der Waals surface area contributed by atoms with Crippen molar-refractivity contribution in [1.82, 2.24) is 4.98 Å². The van der Waals surface area contributed by atoms with Crippen LogP contribution in [0.5, 0.6) is 0 Å². The minimum Gasteiger partial charge on any atom is -0.392 e. The normalized spacial score (nSPS) is 10.2. The third-order valence-electron chi connectivity index (χ3n) is 1.78. The first-order valence-electron chi connectivity index (χ1n) is 3.38. The SMILES string of the molecule is Cc1ncc(Br)c(C)c1CO. The van der Waals surface area contributed by atoms with Crippen LogP contribution in [0.1, 0.15) is 16.8 Å². The van der Waals surface area contributed by atoms with Crippen LogP contribution in [0.15, 0.2) is 10.7 Å². The van der Waals surface area contributed by atoms with Crippen molar-refractivity contribution in [3.05, 3.63) is 27.5 Å². The average molecular weight is 216 g/mol. The molecule has 0 unspecified atom stereocenters. The summed E-state index contributed by atoms with van der Waals surface area (Å²) >= 11 is 3.35. The molecule has 1 N–H and O–H groups in total. The summed E-state index contributed by atoms with van der Waals surface area (Å²) in [6.45, 7) is 3.92. The number of aryl methyl sites for hydroxylation is 1. The molecule has 0 aliphatic heterocycles. The Labute approximate surface area is 74.4 Å². The number of hydrogen-bond acceptors (Lipinski definition) is 2. The second-order valence-electron chi connectivity index (χ2n) is 2.45. The molecule has 1 heterocycles. The van der Waals surface area contributed by atoms with Crippen LogP contribution < -0.4 is 0 Å². The molecule has 0 amide bonds. The molecule has 1 rings (SSSR count). The maximum atomic E-state index is 8.96. The first-order valence-corrected chi connectivity index (χ1v) is 4.17. The summed E-state index contributed by atoms with van der Waals surface area (Å²) in [7, 11) is 0. The molecule has 0 aliphatic carbocycles. The Morgan fingerprint density at radius 3 is 2.64 bits per heavy atom. The van der Waals surface area contributed by atoms with E-state index in [0.717, 1.165) is 21.3 Å². The summed E-state index contributed by atoms with van der Waals surface area (Å²) < 4.78 is 0.951. The van der Waals surface area contributed by atoms with Crippen molar-refractivity contribution in [1.29, 1.82) is 0 Å². The molecule has 0 bridgehead atoms. The number of pyridine rings is 1. The first kappa shape index (κ1) is 8.68. The van der Waals surface area contributed by atoms with Crippen molar-refractivity contribution < 1.29 is 5.11 Å². The van der Waals surface area contributed by atoms with Gasteiger partial charge in [0.2, 0.25) is 0 Å². The van der Waals surface area contributed by atoms with Gasteiger partial charge in [-0.3, -0.25) is 4.98 Å². The van der Waals surface area contributed by atoms with Gasteiger partial charge in [-0.05, 0) is 35.3 Å². The van der Waals surface area contributed by atoms with Crippen LogP contribution >= 0.6 is 15.9 Å². The molecule has 0 radical (unpaired) electrons. The lowest BCUT2D eigenvalue weighted by molar-refractivity contribution is 0.279. The molecule has 60 valence electrons. The van der Waals surface area contributed by atoms with Gasteiger partial charge in [0, 0.05) is 21.9 Å². The third-order valence-corrected chi connectivity index (χ3v) is 2.58. The summed E-state index contributed by atoms with van der Waals surface area (Å²) in [5.74, 6) is 0. The van der Waals surface area contributed by atoms with Crippen LogP contribution in [0.3, 0.4) is 0 Å². The molecule has 1 aromatic heterocycles. The van der Waals surface area contributed by atoms with Crippen molar-refractivity contribution in [2.45, 2.75) is 20.5 Å².